The molecule has 0 aromatic rings. The molecule has 0 radical (unpaired) electrons. The first kappa shape index (κ1) is 19.7. The summed E-state index contributed by atoms with van der Waals surface area (Å²) in [4.78, 5) is 36.2. The summed E-state index contributed by atoms with van der Waals surface area (Å²) in [7, 11) is 0. The molecule has 0 N–H and O–H groups in total. The topological polar surface area (TPSA) is 60.4 Å². The number of thioether (sulfide) groups is 1. The first-order chi connectivity index (χ1) is 11.7. The minimum Gasteiger partial charge on any atom is -0.457 e. The van der Waals surface area contributed by atoms with E-state index in [1.54, 1.807) is 12.2 Å². The third kappa shape index (κ3) is 4.14. The quantitative estimate of drug-likeness (QED) is 0.391. The van der Waals surface area contributed by atoms with Gasteiger partial charge in [0.2, 0.25) is 5.12 Å². The molecule has 0 aromatic carbocycles. The smallest absolute Gasteiger partial charge is 0.310 e. The zero-order chi connectivity index (χ0) is 18.8. The molecule has 2 aliphatic carbocycles. The van der Waals surface area contributed by atoms with E-state index in [1.165, 1.54) is 11.8 Å². The molecule has 0 aromatic heterocycles. The molecule has 1 unspecified atom stereocenters. The largest absolute Gasteiger partial charge is 0.457 e. The van der Waals surface area contributed by atoms with E-state index in [0.717, 1.165) is 11.3 Å². The highest BCUT2D eigenvalue weighted by Crippen LogP contribution is 2.59. The van der Waals surface area contributed by atoms with Gasteiger partial charge >= 0.3 is 5.97 Å². The second-order valence-corrected chi connectivity index (χ2v) is 8.41. The average molecular weight is 362 g/mol. The predicted molar refractivity (Wildman–Crippen MR) is 100 cm³/mol. The Hall–Kier alpha value is -1.62. The minimum atomic E-state index is -0.465. The Morgan fingerprint density at radius 3 is 2.68 bits per heavy atom. The molecule has 136 valence electrons. The maximum absolute atomic E-state index is 12.6. The Labute approximate surface area is 153 Å². The number of ether oxygens (including phenoxy) is 1. The van der Waals surface area contributed by atoms with Crippen molar-refractivity contribution in [3.05, 3.63) is 36.0 Å². The van der Waals surface area contributed by atoms with Gasteiger partial charge in [0.25, 0.3) is 0 Å². The van der Waals surface area contributed by atoms with E-state index < -0.39 is 6.10 Å². The van der Waals surface area contributed by atoms with Gasteiger partial charge in [0.05, 0.1) is 12.3 Å². The molecule has 5 heteroatoms. The Morgan fingerprint density at radius 2 is 2.08 bits per heavy atom. The summed E-state index contributed by atoms with van der Waals surface area (Å²) < 4.78 is 5.64. The first-order valence-electron chi connectivity index (χ1n) is 8.63. The molecule has 1 saturated carbocycles. The second kappa shape index (κ2) is 7.73. The Balaban J connectivity index is 2.01. The summed E-state index contributed by atoms with van der Waals surface area (Å²) in [5.41, 5.74) is 1.31. The van der Waals surface area contributed by atoms with Gasteiger partial charge in [-0.15, -0.1) is 6.58 Å². The van der Waals surface area contributed by atoms with Crippen LogP contribution < -0.4 is 0 Å². The number of Topliss-reactive ketones (excluding diaryl/α,β-unsaturated/α-hetero) is 1. The maximum atomic E-state index is 12.6. The van der Waals surface area contributed by atoms with E-state index in [2.05, 4.69) is 6.58 Å². The van der Waals surface area contributed by atoms with E-state index in [9.17, 15) is 14.4 Å². The van der Waals surface area contributed by atoms with Gasteiger partial charge in [-0.2, -0.15) is 0 Å². The van der Waals surface area contributed by atoms with E-state index >= 15 is 0 Å². The number of hydrogen-bond donors (Lipinski definition) is 0. The molecule has 0 bridgehead atoms. The molecule has 0 heterocycles. The normalized spacial score (nSPS) is 27.7. The molecule has 2 aliphatic rings. The number of hydrogen-bond acceptors (Lipinski definition) is 5. The lowest BCUT2D eigenvalue weighted by atomic mass is 10.1. The van der Waals surface area contributed by atoms with Crippen LogP contribution in [0.3, 0.4) is 0 Å². The third-order valence-electron chi connectivity index (χ3n) is 5.16. The molecule has 0 spiro atoms. The molecule has 4 nitrogen and oxygen atoms in total. The fourth-order valence-corrected chi connectivity index (χ4v) is 3.94. The molecule has 0 saturated heterocycles. The third-order valence-corrected chi connectivity index (χ3v) is 5.87. The van der Waals surface area contributed by atoms with Crippen LogP contribution in [-0.4, -0.2) is 28.7 Å². The lowest BCUT2D eigenvalue weighted by Gasteiger charge is -2.13. The lowest BCUT2D eigenvalue weighted by molar-refractivity contribution is -0.150. The first-order valence-corrected chi connectivity index (χ1v) is 9.61. The summed E-state index contributed by atoms with van der Waals surface area (Å²) in [6, 6.07) is 0. The Kier molecular flexibility index (Phi) is 6.09. The minimum absolute atomic E-state index is 0.00422. The lowest BCUT2D eigenvalue weighted by Crippen LogP contribution is -2.20. The van der Waals surface area contributed by atoms with Crippen LogP contribution in [0.15, 0.2) is 36.0 Å². The number of allylic oxidation sites excluding steroid dienone is 3. The Morgan fingerprint density at radius 1 is 1.40 bits per heavy atom. The van der Waals surface area contributed by atoms with Crippen molar-refractivity contribution in [2.24, 2.45) is 17.3 Å². The van der Waals surface area contributed by atoms with Gasteiger partial charge in [-0.3, -0.25) is 14.4 Å². The van der Waals surface area contributed by atoms with Crippen molar-refractivity contribution in [1.82, 2.24) is 0 Å². The number of carbonyl (C=O) groups excluding carboxylic acids is 3. The van der Waals surface area contributed by atoms with Crippen LogP contribution >= 0.6 is 11.8 Å². The zero-order valence-electron chi connectivity index (χ0n) is 15.3. The van der Waals surface area contributed by atoms with Crippen LogP contribution in [0.5, 0.6) is 0 Å². The zero-order valence-corrected chi connectivity index (χ0v) is 16.2. The van der Waals surface area contributed by atoms with Crippen molar-refractivity contribution in [1.29, 1.82) is 0 Å². The van der Waals surface area contributed by atoms with Crippen LogP contribution in [0.25, 0.3) is 0 Å². The number of carbonyl (C=O) groups is 3. The molecule has 3 atom stereocenters. The molecular formula is C20H26O4S. The SMILES string of the molecule is C=CCC1=C(C)C(OC(=O)[C@@H]2[C@H](C=CC(=O)SCC)C2(C)C)CC1=O. The van der Waals surface area contributed by atoms with Crippen LogP contribution in [0.1, 0.15) is 40.5 Å². The van der Waals surface area contributed by atoms with E-state index in [0.29, 0.717) is 12.0 Å². The van der Waals surface area contributed by atoms with Crippen LogP contribution in [0, 0.1) is 17.3 Å². The van der Waals surface area contributed by atoms with Crippen molar-refractivity contribution < 1.29 is 19.1 Å². The van der Waals surface area contributed by atoms with Gasteiger partial charge in [-0.1, -0.05) is 44.7 Å². The van der Waals surface area contributed by atoms with Gasteiger partial charge < -0.3 is 4.74 Å². The number of ketones is 1. The van der Waals surface area contributed by atoms with Gasteiger partial charge in [0, 0.05) is 5.57 Å². The highest BCUT2D eigenvalue weighted by molar-refractivity contribution is 8.14. The maximum Gasteiger partial charge on any atom is 0.310 e. The van der Waals surface area contributed by atoms with Crippen LogP contribution in [0.2, 0.25) is 0 Å². The van der Waals surface area contributed by atoms with Crippen molar-refractivity contribution in [3.8, 4) is 0 Å². The molecule has 0 aliphatic heterocycles. The van der Waals surface area contributed by atoms with Crippen molar-refractivity contribution in [2.75, 3.05) is 5.75 Å². The van der Waals surface area contributed by atoms with Crippen LogP contribution in [0.4, 0.5) is 0 Å². The van der Waals surface area contributed by atoms with Crippen molar-refractivity contribution in [2.45, 2.75) is 46.6 Å². The summed E-state index contributed by atoms with van der Waals surface area (Å²) >= 11 is 1.25. The fourth-order valence-electron chi connectivity index (χ4n) is 3.48. The molecule has 2 rings (SSSR count). The predicted octanol–water partition coefficient (Wildman–Crippen LogP) is 3.87. The highest BCUT2D eigenvalue weighted by atomic mass is 32.2. The van der Waals surface area contributed by atoms with Crippen LogP contribution in [-0.2, 0) is 19.1 Å². The van der Waals surface area contributed by atoms with Gasteiger partial charge in [-0.25, -0.2) is 0 Å². The second-order valence-electron chi connectivity index (χ2n) is 7.14. The molecule has 1 fully saturated rings. The summed E-state index contributed by atoms with van der Waals surface area (Å²) in [5.74, 6) is 0.206. The average Bonchev–Trinajstić information content (AvgIpc) is 2.99. The Bertz CT molecular complexity index is 657. The summed E-state index contributed by atoms with van der Waals surface area (Å²) in [6.45, 7) is 11.4. The summed E-state index contributed by atoms with van der Waals surface area (Å²) in [6.07, 6.45) is 5.34. The fraction of sp³-hybridized carbons (Fsp3) is 0.550. The molecule has 0 amide bonds. The van der Waals surface area contributed by atoms with E-state index in [-0.39, 0.29) is 40.5 Å². The number of rotatable bonds is 7. The van der Waals surface area contributed by atoms with Gasteiger partial charge in [0.1, 0.15) is 6.10 Å². The van der Waals surface area contributed by atoms with E-state index in [4.69, 9.17) is 4.74 Å². The van der Waals surface area contributed by atoms with E-state index in [1.807, 2.05) is 33.8 Å². The highest BCUT2D eigenvalue weighted by Gasteiger charge is 2.61. The standard InChI is InChI=1S/C20H26O4S/c1-6-8-13-12(3)16(11-15(13)21)24-19(23)18-14(20(18,4)5)9-10-17(22)25-7-2/h6,9-10,14,16,18H,1,7-8,11H2,2-5H3/t14-,16?,18-/m0/s1. The number of esters is 1. The monoisotopic (exact) mass is 362 g/mol. The van der Waals surface area contributed by atoms with Crippen molar-refractivity contribution >= 4 is 28.6 Å². The van der Waals surface area contributed by atoms with Gasteiger partial charge in [0.15, 0.2) is 5.78 Å². The molecular weight excluding hydrogens is 336 g/mol. The van der Waals surface area contributed by atoms with Crippen molar-refractivity contribution in [3.63, 3.8) is 0 Å². The summed E-state index contributed by atoms with van der Waals surface area (Å²) in [5, 5.41) is 0.00607. The molecule has 25 heavy (non-hydrogen) atoms. The van der Waals surface area contributed by atoms with Gasteiger partial charge in [-0.05, 0) is 42.1 Å².